The molecule has 0 radical (unpaired) electrons. The van der Waals surface area contributed by atoms with Crippen LogP contribution in [0.1, 0.15) is 63.8 Å². The van der Waals surface area contributed by atoms with E-state index < -0.39 is 0 Å². The first-order valence-corrected chi connectivity index (χ1v) is 22.1. The molecule has 0 unspecified atom stereocenters. The molecule has 0 bridgehead atoms. The van der Waals surface area contributed by atoms with Gasteiger partial charge in [0, 0.05) is 50.5 Å². The Morgan fingerprint density at radius 1 is 0.403 bits per heavy atom. The van der Waals surface area contributed by atoms with Crippen LogP contribution in [0.3, 0.4) is 0 Å². The third kappa shape index (κ3) is 5.95. The van der Waals surface area contributed by atoms with Gasteiger partial charge in [0.15, 0.2) is 0 Å². The molecule has 0 fully saturated rings. The van der Waals surface area contributed by atoms with Crippen molar-refractivity contribution in [2.45, 2.75) is 66.2 Å². The van der Waals surface area contributed by atoms with Crippen molar-refractivity contribution in [1.29, 1.82) is 0 Å². The van der Waals surface area contributed by atoms with Gasteiger partial charge in [-0.2, -0.15) is 0 Å². The third-order valence-electron chi connectivity index (χ3n) is 13.4. The van der Waals surface area contributed by atoms with E-state index >= 15 is 0 Å². The lowest BCUT2D eigenvalue weighted by Crippen LogP contribution is -2.61. The molecule has 0 amide bonds. The van der Waals surface area contributed by atoms with Crippen molar-refractivity contribution < 1.29 is 0 Å². The summed E-state index contributed by atoms with van der Waals surface area (Å²) in [7, 11) is 0. The summed E-state index contributed by atoms with van der Waals surface area (Å²) in [6.45, 7) is 18.4. The monoisotopic (exact) mass is 801 g/mol. The van der Waals surface area contributed by atoms with Crippen LogP contribution in [0.2, 0.25) is 0 Å². The Balaban J connectivity index is 1.23. The van der Waals surface area contributed by atoms with E-state index in [4.69, 9.17) is 0 Å². The van der Waals surface area contributed by atoms with E-state index in [0.717, 1.165) is 11.4 Å². The quantitative estimate of drug-likeness (QED) is 0.164. The second-order valence-corrected chi connectivity index (χ2v) is 19.6. The molecule has 0 aliphatic carbocycles. The largest absolute Gasteiger partial charge is 0.311 e. The van der Waals surface area contributed by atoms with Crippen LogP contribution in [0, 0.1) is 13.8 Å². The predicted molar refractivity (Wildman–Crippen MR) is 267 cm³/mol. The van der Waals surface area contributed by atoms with Crippen molar-refractivity contribution in [3.63, 3.8) is 0 Å². The lowest BCUT2D eigenvalue weighted by molar-refractivity contribution is 0.590. The number of hydrogen-bond acceptors (Lipinski definition) is 2. The number of rotatable bonds is 4. The third-order valence-corrected chi connectivity index (χ3v) is 13.4. The highest BCUT2D eigenvalue weighted by molar-refractivity contribution is 7.00. The molecule has 3 heterocycles. The number of aromatic nitrogens is 1. The summed E-state index contributed by atoms with van der Waals surface area (Å²) in [5, 5.41) is 2.53. The molecule has 1 aromatic heterocycles. The van der Waals surface area contributed by atoms with Crippen LogP contribution in [0.25, 0.3) is 38.6 Å². The summed E-state index contributed by atoms with van der Waals surface area (Å²) in [4.78, 5) is 5.13. The summed E-state index contributed by atoms with van der Waals surface area (Å²) in [6, 6.07) is 64.3. The number of anilines is 6. The van der Waals surface area contributed by atoms with Crippen molar-refractivity contribution in [1.82, 2.24) is 4.57 Å². The molecule has 2 aliphatic heterocycles. The lowest BCUT2D eigenvalue weighted by Gasteiger charge is -2.45. The van der Waals surface area contributed by atoms with Crippen LogP contribution in [0.15, 0.2) is 170 Å². The number of hydrogen-bond donors (Lipinski definition) is 0. The van der Waals surface area contributed by atoms with Gasteiger partial charge in [-0.15, -0.1) is 0 Å². The molecule has 0 N–H and O–H groups in total. The SMILES string of the molecule is Cc1ccc(N2c3ccc(C(C)(C)C)cc3B3c4ccc(-n5c6ccccc6c6ccccc65)cc4N(c4ccc(C(C)(C)C)cc4)c4cc(C)cc2c43)c(-c2ccccc2)c1. The molecule has 4 heteroatoms. The van der Waals surface area contributed by atoms with Crippen LogP contribution < -0.4 is 26.2 Å². The fourth-order valence-corrected chi connectivity index (χ4v) is 10.3. The number of aryl methyl sites for hydroxylation is 2. The van der Waals surface area contributed by atoms with Gasteiger partial charge in [0.05, 0.1) is 16.7 Å². The Kier molecular flexibility index (Phi) is 8.54. The minimum atomic E-state index is -0.0337. The van der Waals surface area contributed by atoms with E-state index in [1.54, 1.807) is 0 Å². The maximum atomic E-state index is 2.57. The molecule has 0 saturated heterocycles. The first kappa shape index (κ1) is 38.2. The normalized spacial score (nSPS) is 13.4. The summed E-state index contributed by atoms with van der Waals surface area (Å²) in [6.07, 6.45) is 0. The number of fused-ring (bicyclic) bond motifs is 7. The number of para-hydroxylation sites is 2. The highest BCUT2D eigenvalue weighted by Gasteiger charge is 2.44. The Morgan fingerprint density at radius 3 is 1.65 bits per heavy atom. The second-order valence-electron chi connectivity index (χ2n) is 19.6. The fraction of sp³-hybridized carbons (Fsp3) is 0.172. The van der Waals surface area contributed by atoms with Gasteiger partial charge >= 0.3 is 0 Å². The fourth-order valence-electron chi connectivity index (χ4n) is 10.3. The molecule has 0 atom stereocenters. The van der Waals surface area contributed by atoms with Crippen molar-refractivity contribution in [3.05, 3.63) is 192 Å². The van der Waals surface area contributed by atoms with Gasteiger partial charge in [-0.25, -0.2) is 0 Å². The van der Waals surface area contributed by atoms with Gasteiger partial charge < -0.3 is 14.4 Å². The van der Waals surface area contributed by atoms with Gasteiger partial charge in [0.25, 0.3) is 6.71 Å². The second kappa shape index (κ2) is 13.9. The van der Waals surface area contributed by atoms with Crippen molar-refractivity contribution >= 4 is 79.0 Å². The summed E-state index contributed by atoms with van der Waals surface area (Å²) in [5.41, 5.74) is 22.4. The molecule has 0 spiro atoms. The predicted octanol–water partition coefficient (Wildman–Crippen LogP) is 13.7. The molecule has 9 aromatic rings. The van der Waals surface area contributed by atoms with Gasteiger partial charge in [-0.3, -0.25) is 0 Å². The standard InChI is InChI=1S/C58H52BN3/c1-37-22-30-51(46(32-37)39-16-10-9-11-17-39)62-52-31-25-41(58(6,7)8)35-48(52)59-47-29-28-43(61-49-20-14-12-18-44(49)45-19-13-15-21-50(45)61)36-53(47)60(54-33-38(2)34-55(62)56(54)59)42-26-23-40(24-27-42)57(3,4)5/h9-36H,1-8H3. The zero-order valence-electron chi connectivity index (χ0n) is 37.1. The van der Waals surface area contributed by atoms with Crippen LogP contribution in [0.4, 0.5) is 34.1 Å². The molecular formula is C58H52BN3. The molecule has 2 aliphatic rings. The van der Waals surface area contributed by atoms with E-state index in [1.807, 2.05) is 0 Å². The molecule has 11 rings (SSSR count). The van der Waals surface area contributed by atoms with E-state index in [1.165, 1.54) is 100 Å². The Bertz CT molecular complexity index is 3180. The molecule has 8 aromatic carbocycles. The molecule has 62 heavy (non-hydrogen) atoms. The number of benzene rings is 8. The van der Waals surface area contributed by atoms with E-state index in [9.17, 15) is 0 Å². The Hall–Kier alpha value is -6.78. The van der Waals surface area contributed by atoms with Crippen LogP contribution in [-0.4, -0.2) is 11.3 Å². The highest BCUT2D eigenvalue weighted by atomic mass is 15.2. The minimum Gasteiger partial charge on any atom is -0.311 e. The van der Waals surface area contributed by atoms with Crippen molar-refractivity contribution in [3.8, 4) is 16.8 Å². The zero-order chi connectivity index (χ0) is 42.7. The van der Waals surface area contributed by atoms with E-state index in [-0.39, 0.29) is 17.5 Å². The summed E-state index contributed by atoms with van der Waals surface area (Å²) in [5.74, 6) is 0. The van der Waals surface area contributed by atoms with Gasteiger partial charge in [0.1, 0.15) is 0 Å². The molecular weight excluding hydrogens is 749 g/mol. The summed E-state index contributed by atoms with van der Waals surface area (Å²) < 4.78 is 2.46. The Labute approximate surface area is 367 Å². The zero-order valence-corrected chi connectivity index (χ0v) is 37.1. The van der Waals surface area contributed by atoms with Crippen LogP contribution in [0.5, 0.6) is 0 Å². The molecule has 0 saturated carbocycles. The van der Waals surface area contributed by atoms with Crippen molar-refractivity contribution in [2.75, 3.05) is 9.80 Å². The van der Waals surface area contributed by atoms with Gasteiger partial charge in [-0.05, 0) is 130 Å². The van der Waals surface area contributed by atoms with Gasteiger partial charge in [-0.1, -0.05) is 150 Å². The maximum Gasteiger partial charge on any atom is 0.252 e. The first-order valence-electron chi connectivity index (χ1n) is 22.1. The first-order chi connectivity index (χ1) is 29.8. The van der Waals surface area contributed by atoms with Crippen LogP contribution >= 0.6 is 0 Å². The van der Waals surface area contributed by atoms with E-state index in [2.05, 4.69) is 240 Å². The lowest BCUT2D eigenvalue weighted by atomic mass is 9.33. The van der Waals surface area contributed by atoms with Gasteiger partial charge in [0.2, 0.25) is 0 Å². The highest BCUT2D eigenvalue weighted by Crippen LogP contribution is 2.48. The molecule has 302 valence electrons. The van der Waals surface area contributed by atoms with E-state index in [0.29, 0.717) is 0 Å². The minimum absolute atomic E-state index is 0.00655. The Morgan fingerprint density at radius 2 is 0.984 bits per heavy atom. The number of nitrogens with zero attached hydrogens (tertiary/aromatic N) is 3. The molecule has 3 nitrogen and oxygen atoms in total. The topological polar surface area (TPSA) is 11.4 Å². The van der Waals surface area contributed by atoms with Crippen molar-refractivity contribution in [2.24, 2.45) is 0 Å². The smallest absolute Gasteiger partial charge is 0.252 e. The summed E-state index contributed by atoms with van der Waals surface area (Å²) >= 11 is 0. The van der Waals surface area contributed by atoms with Crippen LogP contribution in [-0.2, 0) is 10.8 Å². The average molecular weight is 802 g/mol. The average Bonchev–Trinajstić information content (AvgIpc) is 3.60. The maximum absolute atomic E-state index is 2.57.